The molecule has 0 atom stereocenters. The average molecular weight is 308 g/mol. The molecule has 1 aliphatic rings. The molecule has 4 heteroatoms. The van der Waals surface area contributed by atoms with Gasteiger partial charge in [-0.1, -0.05) is 42.5 Å². The van der Waals surface area contributed by atoms with Crippen LogP contribution in [0.2, 0.25) is 0 Å². The van der Waals surface area contributed by atoms with Crippen LogP contribution in [0.15, 0.2) is 54.6 Å². The molecule has 2 aromatic rings. The Labute approximate surface area is 135 Å². The molecule has 0 saturated carbocycles. The van der Waals surface area contributed by atoms with E-state index >= 15 is 0 Å². The van der Waals surface area contributed by atoms with Gasteiger partial charge in [0.25, 0.3) is 0 Å². The van der Waals surface area contributed by atoms with Gasteiger partial charge in [0.2, 0.25) is 5.91 Å². The standard InChI is InChI=1S/C19H20N2O2/c20-19(23)15-10-12-21(13-11-15)17-9-5-4-8-16(17)18(22)14-6-2-1-3-7-14/h1-9,15H,10-13H2,(H2,20,23). The van der Waals surface area contributed by atoms with Crippen molar-refractivity contribution in [3.05, 3.63) is 65.7 Å². The molecule has 118 valence electrons. The van der Waals surface area contributed by atoms with Gasteiger partial charge in [0.05, 0.1) is 0 Å². The number of para-hydroxylation sites is 1. The summed E-state index contributed by atoms with van der Waals surface area (Å²) in [6.45, 7) is 1.49. The number of rotatable bonds is 4. The molecule has 23 heavy (non-hydrogen) atoms. The maximum absolute atomic E-state index is 12.8. The van der Waals surface area contributed by atoms with Crippen molar-refractivity contribution in [2.24, 2.45) is 11.7 Å². The average Bonchev–Trinajstić information content (AvgIpc) is 2.62. The lowest BCUT2D eigenvalue weighted by Gasteiger charge is -2.33. The summed E-state index contributed by atoms with van der Waals surface area (Å²) >= 11 is 0. The fraction of sp³-hybridized carbons (Fsp3) is 0.263. The lowest BCUT2D eigenvalue weighted by Crippen LogP contribution is -2.39. The molecule has 0 aromatic heterocycles. The number of piperidine rings is 1. The second-order valence-electron chi connectivity index (χ2n) is 5.88. The van der Waals surface area contributed by atoms with Crippen LogP contribution in [0.3, 0.4) is 0 Å². The molecular weight excluding hydrogens is 288 g/mol. The predicted octanol–water partition coefficient (Wildman–Crippen LogP) is 2.62. The first-order chi connectivity index (χ1) is 11.2. The second-order valence-corrected chi connectivity index (χ2v) is 5.88. The molecule has 4 nitrogen and oxygen atoms in total. The summed E-state index contributed by atoms with van der Waals surface area (Å²) in [6.07, 6.45) is 1.48. The highest BCUT2D eigenvalue weighted by atomic mass is 16.1. The molecule has 1 aliphatic heterocycles. The van der Waals surface area contributed by atoms with Gasteiger partial charge in [0, 0.05) is 35.8 Å². The number of carbonyl (C=O) groups is 2. The number of anilines is 1. The van der Waals surface area contributed by atoms with E-state index in [0.29, 0.717) is 11.1 Å². The smallest absolute Gasteiger partial charge is 0.220 e. The zero-order valence-electron chi connectivity index (χ0n) is 12.9. The molecule has 1 heterocycles. The van der Waals surface area contributed by atoms with E-state index in [1.165, 1.54) is 0 Å². The largest absolute Gasteiger partial charge is 0.371 e. The molecule has 1 fully saturated rings. The SMILES string of the molecule is NC(=O)C1CCN(c2ccccc2C(=O)c2ccccc2)CC1. The van der Waals surface area contributed by atoms with Crippen LogP contribution in [0.4, 0.5) is 5.69 Å². The molecule has 1 amide bonds. The molecule has 2 aromatic carbocycles. The van der Waals surface area contributed by atoms with E-state index in [1.807, 2.05) is 54.6 Å². The molecular formula is C19H20N2O2. The molecule has 1 saturated heterocycles. The lowest BCUT2D eigenvalue weighted by atomic mass is 9.94. The molecule has 0 unspecified atom stereocenters. The number of ketones is 1. The van der Waals surface area contributed by atoms with Crippen LogP contribution in [0.5, 0.6) is 0 Å². The minimum Gasteiger partial charge on any atom is -0.371 e. The summed E-state index contributed by atoms with van der Waals surface area (Å²) in [5.41, 5.74) is 7.72. The van der Waals surface area contributed by atoms with Crippen LogP contribution in [0.1, 0.15) is 28.8 Å². The highest BCUT2D eigenvalue weighted by Gasteiger charge is 2.25. The lowest BCUT2D eigenvalue weighted by molar-refractivity contribution is -0.122. The molecule has 3 rings (SSSR count). The Morgan fingerprint density at radius 3 is 2.17 bits per heavy atom. The van der Waals surface area contributed by atoms with E-state index in [-0.39, 0.29) is 17.6 Å². The predicted molar refractivity (Wildman–Crippen MR) is 90.4 cm³/mol. The summed E-state index contributed by atoms with van der Waals surface area (Å²) in [7, 11) is 0. The van der Waals surface area contributed by atoms with Crippen molar-refractivity contribution in [1.29, 1.82) is 0 Å². The number of hydrogen-bond acceptors (Lipinski definition) is 3. The van der Waals surface area contributed by atoms with Crippen molar-refractivity contribution in [2.45, 2.75) is 12.8 Å². The van der Waals surface area contributed by atoms with Gasteiger partial charge in [0.1, 0.15) is 0 Å². The zero-order chi connectivity index (χ0) is 16.2. The summed E-state index contributed by atoms with van der Waals surface area (Å²) in [6, 6.07) is 17.0. The van der Waals surface area contributed by atoms with Gasteiger partial charge in [-0.25, -0.2) is 0 Å². The van der Waals surface area contributed by atoms with Crippen LogP contribution >= 0.6 is 0 Å². The minimum absolute atomic E-state index is 0.0261. The van der Waals surface area contributed by atoms with E-state index in [4.69, 9.17) is 5.73 Å². The quantitative estimate of drug-likeness (QED) is 0.883. The minimum atomic E-state index is -0.224. The third-order valence-electron chi connectivity index (χ3n) is 4.42. The second kappa shape index (κ2) is 6.65. The highest BCUT2D eigenvalue weighted by Crippen LogP contribution is 2.27. The van der Waals surface area contributed by atoms with Crippen molar-refractivity contribution in [3.63, 3.8) is 0 Å². The molecule has 2 N–H and O–H groups in total. The van der Waals surface area contributed by atoms with Crippen LogP contribution in [-0.2, 0) is 4.79 Å². The van der Waals surface area contributed by atoms with Gasteiger partial charge in [-0.05, 0) is 25.0 Å². The summed E-state index contributed by atoms with van der Waals surface area (Å²) in [4.78, 5) is 26.3. The van der Waals surface area contributed by atoms with E-state index < -0.39 is 0 Å². The van der Waals surface area contributed by atoms with E-state index in [1.54, 1.807) is 0 Å². The van der Waals surface area contributed by atoms with Crippen molar-refractivity contribution in [2.75, 3.05) is 18.0 Å². The Morgan fingerprint density at radius 1 is 0.913 bits per heavy atom. The first-order valence-electron chi connectivity index (χ1n) is 7.90. The van der Waals surface area contributed by atoms with E-state index in [0.717, 1.165) is 31.6 Å². The zero-order valence-corrected chi connectivity index (χ0v) is 12.9. The number of benzene rings is 2. The van der Waals surface area contributed by atoms with Crippen molar-refractivity contribution in [3.8, 4) is 0 Å². The van der Waals surface area contributed by atoms with Crippen LogP contribution < -0.4 is 10.6 Å². The van der Waals surface area contributed by atoms with Gasteiger partial charge in [0.15, 0.2) is 5.78 Å². The Bertz CT molecular complexity index is 704. The Morgan fingerprint density at radius 2 is 1.52 bits per heavy atom. The Kier molecular flexibility index (Phi) is 4.42. The van der Waals surface area contributed by atoms with Crippen molar-refractivity contribution < 1.29 is 9.59 Å². The first kappa shape index (κ1) is 15.3. The summed E-state index contributed by atoms with van der Waals surface area (Å²) in [5, 5.41) is 0. The van der Waals surface area contributed by atoms with Gasteiger partial charge in [-0.3, -0.25) is 9.59 Å². The maximum Gasteiger partial charge on any atom is 0.220 e. The monoisotopic (exact) mass is 308 g/mol. The summed E-state index contributed by atoms with van der Waals surface area (Å²) in [5.74, 6) is -0.250. The van der Waals surface area contributed by atoms with Crippen LogP contribution in [0, 0.1) is 5.92 Å². The van der Waals surface area contributed by atoms with Gasteiger partial charge in [-0.15, -0.1) is 0 Å². The third kappa shape index (κ3) is 3.26. The number of hydrogen-bond donors (Lipinski definition) is 1. The maximum atomic E-state index is 12.8. The topological polar surface area (TPSA) is 63.4 Å². The van der Waals surface area contributed by atoms with E-state index in [9.17, 15) is 9.59 Å². The fourth-order valence-electron chi connectivity index (χ4n) is 3.09. The van der Waals surface area contributed by atoms with Crippen LogP contribution in [0.25, 0.3) is 0 Å². The third-order valence-corrected chi connectivity index (χ3v) is 4.42. The van der Waals surface area contributed by atoms with Gasteiger partial charge in [-0.2, -0.15) is 0 Å². The van der Waals surface area contributed by atoms with Crippen molar-refractivity contribution >= 4 is 17.4 Å². The van der Waals surface area contributed by atoms with Crippen molar-refractivity contribution in [1.82, 2.24) is 0 Å². The normalized spacial score (nSPS) is 15.4. The number of carbonyl (C=O) groups excluding carboxylic acids is 2. The Balaban J connectivity index is 1.85. The highest BCUT2D eigenvalue weighted by molar-refractivity contribution is 6.12. The fourth-order valence-corrected chi connectivity index (χ4v) is 3.09. The number of amides is 1. The first-order valence-corrected chi connectivity index (χ1v) is 7.90. The van der Waals surface area contributed by atoms with Crippen LogP contribution in [-0.4, -0.2) is 24.8 Å². The summed E-state index contributed by atoms with van der Waals surface area (Å²) < 4.78 is 0. The van der Waals surface area contributed by atoms with Gasteiger partial charge < -0.3 is 10.6 Å². The number of nitrogens with two attached hydrogens (primary N) is 1. The Hall–Kier alpha value is -2.62. The molecule has 0 radical (unpaired) electrons. The number of primary amides is 1. The number of nitrogens with zero attached hydrogens (tertiary/aromatic N) is 1. The van der Waals surface area contributed by atoms with E-state index in [2.05, 4.69) is 4.90 Å². The molecule has 0 bridgehead atoms. The molecule has 0 spiro atoms. The molecule has 0 aliphatic carbocycles. The van der Waals surface area contributed by atoms with Gasteiger partial charge >= 0.3 is 0 Å².